The molecule has 1 aliphatic rings. The lowest BCUT2D eigenvalue weighted by atomic mass is 9.74. The van der Waals surface area contributed by atoms with E-state index in [4.69, 9.17) is 9.47 Å². The Morgan fingerprint density at radius 2 is 2.00 bits per heavy atom. The predicted octanol–water partition coefficient (Wildman–Crippen LogP) is 3.51. The molecule has 0 aliphatic carbocycles. The zero-order chi connectivity index (χ0) is 20.3. The van der Waals surface area contributed by atoms with Crippen molar-refractivity contribution in [3.05, 3.63) is 59.8 Å². The van der Waals surface area contributed by atoms with Gasteiger partial charge in [0.1, 0.15) is 0 Å². The molecule has 29 heavy (non-hydrogen) atoms. The summed E-state index contributed by atoms with van der Waals surface area (Å²) in [5.41, 5.74) is 4.41. The van der Waals surface area contributed by atoms with Gasteiger partial charge in [0.2, 0.25) is 0 Å². The Labute approximate surface area is 170 Å². The second-order valence-corrected chi connectivity index (χ2v) is 7.54. The van der Waals surface area contributed by atoms with Crippen LogP contribution in [0.15, 0.2) is 43.0 Å². The van der Waals surface area contributed by atoms with Crippen molar-refractivity contribution < 1.29 is 14.3 Å². The third-order valence-electron chi connectivity index (χ3n) is 5.69. The topological polar surface area (TPSA) is 82.0 Å². The molecule has 4 rings (SSSR count). The number of aromatic amines is 1. The van der Waals surface area contributed by atoms with Crippen LogP contribution in [0.25, 0.3) is 11.3 Å². The van der Waals surface area contributed by atoms with Crippen molar-refractivity contribution in [3.63, 3.8) is 0 Å². The van der Waals surface area contributed by atoms with Gasteiger partial charge in [0.25, 0.3) is 0 Å². The van der Waals surface area contributed by atoms with Crippen molar-refractivity contribution in [3.8, 4) is 11.3 Å². The van der Waals surface area contributed by atoms with Gasteiger partial charge in [0.05, 0.1) is 36.6 Å². The van der Waals surface area contributed by atoms with Gasteiger partial charge in [0.15, 0.2) is 5.69 Å². The third-order valence-corrected chi connectivity index (χ3v) is 5.69. The van der Waals surface area contributed by atoms with Gasteiger partial charge in [-0.25, -0.2) is 9.78 Å². The normalized spacial score (nSPS) is 15.9. The molecule has 0 spiro atoms. The molecule has 0 saturated carbocycles. The summed E-state index contributed by atoms with van der Waals surface area (Å²) < 4.78 is 12.9. The first kappa shape index (κ1) is 19.4. The molecule has 2 aromatic heterocycles. The molecule has 1 aliphatic heterocycles. The van der Waals surface area contributed by atoms with Gasteiger partial charge >= 0.3 is 5.97 Å². The highest BCUT2D eigenvalue weighted by atomic mass is 16.5. The first-order valence-electron chi connectivity index (χ1n) is 9.99. The zero-order valence-electron chi connectivity index (χ0n) is 16.9. The molecular formula is C22H26N4O3. The van der Waals surface area contributed by atoms with E-state index in [0.29, 0.717) is 17.9 Å². The minimum atomic E-state index is -0.410. The van der Waals surface area contributed by atoms with Crippen molar-refractivity contribution in [2.45, 2.75) is 38.6 Å². The lowest BCUT2D eigenvalue weighted by molar-refractivity contribution is 0.0436. The lowest BCUT2D eigenvalue weighted by Crippen LogP contribution is -2.38. The van der Waals surface area contributed by atoms with Crippen LogP contribution in [0.3, 0.4) is 0 Å². The molecule has 152 valence electrons. The number of hydrogen-bond acceptors (Lipinski definition) is 5. The van der Waals surface area contributed by atoms with Crippen LogP contribution in [0, 0.1) is 6.92 Å². The van der Waals surface area contributed by atoms with Gasteiger partial charge in [-0.3, -0.25) is 5.10 Å². The van der Waals surface area contributed by atoms with E-state index in [1.165, 1.54) is 11.1 Å². The highest BCUT2D eigenvalue weighted by Gasteiger charge is 2.35. The number of imidazole rings is 1. The molecule has 3 aromatic rings. The number of esters is 1. The fourth-order valence-corrected chi connectivity index (χ4v) is 4.04. The number of rotatable bonds is 6. The summed E-state index contributed by atoms with van der Waals surface area (Å²) in [6, 6.07) is 8.77. The number of carbonyl (C=O) groups is 1. The molecule has 1 saturated heterocycles. The summed E-state index contributed by atoms with van der Waals surface area (Å²) in [5, 5.41) is 6.84. The Morgan fingerprint density at radius 1 is 1.24 bits per heavy atom. The van der Waals surface area contributed by atoms with Crippen LogP contribution in [0.5, 0.6) is 0 Å². The van der Waals surface area contributed by atoms with E-state index in [2.05, 4.69) is 50.9 Å². The Hall–Kier alpha value is -2.93. The SMILES string of the molecule is CCOC(=O)c1[nH]ncc1-c1cncn1CC1(c2ccc(C)cc2)CCOCC1. The summed E-state index contributed by atoms with van der Waals surface area (Å²) in [6.07, 6.45) is 7.12. The molecule has 0 atom stereocenters. The van der Waals surface area contributed by atoms with E-state index in [-0.39, 0.29) is 5.41 Å². The Morgan fingerprint density at radius 3 is 2.72 bits per heavy atom. The lowest BCUT2D eigenvalue weighted by Gasteiger charge is -2.38. The standard InChI is InChI=1S/C22H26N4O3/c1-3-29-21(27)20-18(12-24-25-20)19-13-23-15-26(19)14-22(8-10-28-11-9-22)17-6-4-16(2)5-7-17/h4-7,12-13,15H,3,8-11,14H2,1-2H3,(H,24,25). The average molecular weight is 394 g/mol. The number of nitrogens with zero attached hydrogens (tertiary/aromatic N) is 3. The summed E-state index contributed by atoms with van der Waals surface area (Å²) >= 11 is 0. The van der Waals surface area contributed by atoms with E-state index < -0.39 is 5.97 Å². The number of ether oxygens (including phenoxy) is 2. The predicted molar refractivity (Wildman–Crippen MR) is 109 cm³/mol. The summed E-state index contributed by atoms with van der Waals surface area (Å²) in [4.78, 5) is 16.7. The minimum absolute atomic E-state index is 0.0464. The number of carbonyl (C=O) groups excluding carboxylic acids is 1. The number of benzene rings is 1. The monoisotopic (exact) mass is 394 g/mol. The van der Waals surface area contributed by atoms with Crippen LogP contribution in [0.4, 0.5) is 0 Å². The zero-order valence-corrected chi connectivity index (χ0v) is 16.9. The van der Waals surface area contributed by atoms with Gasteiger partial charge in [0, 0.05) is 25.2 Å². The second-order valence-electron chi connectivity index (χ2n) is 7.54. The van der Waals surface area contributed by atoms with Crippen LogP contribution in [-0.4, -0.2) is 45.5 Å². The number of aromatic nitrogens is 4. The van der Waals surface area contributed by atoms with Gasteiger partial charge < -0.3 is 14.0 Å². The van der Waals surface area contributed by atoms with Gasteiger partial charge in [-0.15, -0.1) is 0 Å². The minimum Gasteiger partial charge on any atom is -0.461 e. The average Bonchev–Trinajstić information content (AvgIpc) is 3.38. The number of nitrogens with one attached hydrogen (secondary N) is 1. The Bertz CT molecular complexity index is 968. The molecule has 0 radical (unpaired) electrons. The molecular weight excluding hydrogens is 368 g/mol. The molecule has 0 unspecified atom stereocenters. The van der Waals surface area contributed by atoms with Gasteiger partial charge in [-0.1, -0.05) is 29.8 Å². The molecule has 0 bridgehead atoms. The molecule has 3 heterocycles. The molecule has 1 fully saturated rings. The van der Waals surface area contributed by atoms with Crippen molar-refractivity contribution >= 4 is 5.97 Å². The van der Waals surface area contributed by atoms with Crippen molar-refractivity contribution in [1.29, 1.82) is 0 Å². The van der Waals surface area contributed by atoms with Gasteiger partial charge in [-0.2, -0.15) is 5.10 Å². The highest BCUT2D eigenvalue weighted by molar-refractivity contribution is 5.94. The third kappa shape index (κ3) is 3.82. The maximum Gasteiger partial charge on any atom is 0.357 e. The molecule has 7 heteroatoms. The molecule has 7 nitrogen and oxygen atoms in total. The van der Waals surface area contributed by atoms with Crippen molar-refractivity contribution in [2.75, 3.05) is 19.8 Å². The van der Waals surface area contributed by atoms with Crippen LogP contribution in [0.1, 0.15) is 41.4 Å². The fraction of sp³-hybridized carbons (Fsp3) is 0.409. The highest BCUT2D eigenvalue weighted by Crippen LogP contribution is 2.38. The van der Waals surface area contributed by atoms with E-state index in [0.717, 1.165) is 38.3 Å². The van der Waals surface area contributed by atoms with E-state index >= 15 is 0 Å². The van der Waals surface area contributed by atoms with E-state index in [1.807, 2.05) is 6.33 Å². The molecule has 1 N–H and O–H groups in total. The van der Waals surface area contributed by atoms with E-state index in [9.17, 15) is 4.79 Å². The number of hydrogen-bond donors (Lipinski definition) is 1. The van der Waals surface area contributed by atoms with Crippen LogP contribution in [-0.2, 0) is 21.4 Å². The second kappa shape index (κ2) is 8.21. The first-order valence-corrected chi connectivity index (χ1v) is 9.99. The summed E-state index contributed by atoms with van der Waals surface area (Å²) in [6.45, 7) is 6.42. The van der Waals surface area contributed by atoms with Gasteiger partial charge in [-0.05, 0) is 32.3 Å². The maximum atomic E-state index is 12.3. The number of H-pyrrole nitrogens is 1. The smallest absolute Gasteiger partial charge is 0.357 e. The molecule has 0 amide bonds. The quantitative estimate of drug-likeness (QED) is 0.647. The van der Waals surface area contributed by atoms with Crippen molar-refractivity contribution in [2.24, 2.45) is 0 Å². The van der Waals surface area contributed by atoms with Crippen molar-refractivity contribution in [1.82, 2.24) is 19.7 Å². The number of aryl methyl sites for hydroxylation is 1. The van der Waals surface area contributed by atoms with Crippen LogP contribution >= 0.6 is 0 Å². The summed E-state index contributed by atoms with van der Waals surface area (Å²) in [5.74, 6) is -0.410. The first-order chi connectivity index (χ1) is 14.1. The fourth-order valence-electron chi connectivity index (χ4n) is 4.04. The van der Waals surface area contributed by atoms with Crippen LogP contribution in [0.2, 0.25) is 0 Å². The largest absolute Gasteiger partial charge is 0.461 e. The Kier molecular flexibility index (Phi) is 5.49. The maximum absolute atomic E-state index is 12.3. The van der Waals surface area contributed by atoms with E-state index in [1.54, 1.807) is 19.3 Å². The summed E-state index contributed by atoms with van der Waals surface area (Å²) in [7, 11) is 0. The molecule has 1 aromatic carbocycles. The van der Waals surface area contributed by atoms with Crippen LogP contribution < -0.4 is 0 Å². The Balaban J connectivity index is 1.70.